The lowest BCUT2D eigenvalue weighted by Crippen LogP contribution is -2.68. The molecule has 2 saturated carbocycles. The lowest BCUT2D eigenvalue weighted by atomic mass is 9.74. The Kier molecular flexibility index (Phi) is 31.2. The van der Waals surface area contributed by atoms with Crippen LogP contribution in [0.5, 0.6) is 0 Å². The highest BCUT2D eigenvalue weighted by Gasteiger charge is 2.54. The first-order valence-electron chi connectivity index (χ1n) is 38.0. The molecule has 0 unspecified atom stereocenters. The van der Waals surface area contributed by atoms with E-state index in [9.17, 15) is 32.3 Å². The summed E-state index contributed by atoms with van der Waals surface area (Å²) < 4.78 is 78.1. The molecule has 25 nitrogen and oxygen atoms in total. The molecule has 5 aliphatic rings. The van der Waals surface area contributed by atoms with E-state index in [0.717, 1.165) is 25.2 Å². The maximum Gasteiger partial charge on any atom is 0.422 e. The van der Waals surface area contributed by atoms with Gasteiger partial charge in [0.2, 0.25) is 70.9 Å². The van der Waals surface area contributed by atoms with Gasteiger partial charge in [0.25, 0.3) is 0 Å². The summed E-state index contributed by atoms with van der Waals surface area (Å²) in [5, 5.41) is 8.48. The van der Waals surface area contributed by atoms with Crippen molar-refractivity contribution in [3.8, 4) is 0 Å². The average Bonchev–Trinajstić information content (AvgIpc) is 1.57. The van der Waals surface area contributed by atoms with Gasteiger partial charge in [0.1, 0.15) is 71.1 Å². The highest BCUT2D eigenvalue weighted by Crippen LogP contribution is 2.39. The SMILES string of the molecule is C=CCCCC[C@H]1C(=O)N[C@@H]([C@@H](C)CC)C(=O)N(C)CC(=O)N(C)[C@H]2C/C=C\CCN(C2=O)[C@@H](Cc2ccc(C=C)cc2)C(=O)N(C)CC(=O)N[C@@H](CCc2cc(F)c(C(F)(F)F)c(F)c2)C(=O)N2C[C@H](OCC)C[C@H]2C(=O)NC2(CCC2)C(=O)N(C)[C@@H](C2CCCC2)C(=O)N(C)[C@H](C(=O)N(C)CC)CC(=O)N1C. The van der Waals surface area contributed by atoms with Gasteiger partial charge in [-0.3, -0.25) is 57.5 Å². The van der Waals surface area contributed by atoms with Crippen LogP contribution in [0.2, 0.25) is 0 Å². The standard InChI is InChI=1S/C79H111F5N12O13/c1-14-19-20-22-30-58-69(100)86-67(49(6)15-2)75(106)90(9)48-65(99)92(11)59-31-23-21-26-40-95(74(59)105)62(43-51-34-32-50(16-3)33-35-51)73(104)89(8)47-63(97)85-57(37-36-52-41-55(80)66(56(81)42-52)79(82,83)84)71(102)96-46-54(109-18-5)44-60(96)70(101)87-78(38-27-39-78)77(108)94(13)68(53-28-24-25-29-53)76(107)93(12)61(45-64(98)91(58)10)72(103)88(7)17-4/h14,16,21,23,32-35,41-42,49,53-54,57-62,67-68H,1,3,15,17-20,22,24-31,36-40,43-48H2,2,4-13H3,(H,85,97)(H,86,100)(H,87,101)/b23-21-/t49-,54+,57-,58-,59-,60-,61-,62-,67-,68-/m0/s1. The fraction of sp³-hybridized carbons (Fsp3) is 0.620. The number of aryl methyl sites for hydroxylation is 1. The van der Waals surface area contributed by atoms with Gasteiger partial charge in [-0.05, 0) is 132 Å². The van der Waals surface area contributed by atoms with Crippen molar-refractivity contribution in [2.75, 3.05) is 88.7 Å². The van der Waals surface area contributed by atoms with Crippen molar-refractivity contribution in [1.29, 1.82) is 0 Å². The van der Waals surface area contributed by atoms with Crippen molar-refractivity contribution in [3.05, 3.63) is 102 Å². The van der Waals surface area contributed by atoms with E-state index in [2.05, 4.69) is 29.1 Å². The summed E-state index contributed by atoms with van der Waals surface area (Å²) >= 11 is 0. The average molecular weight is 1530 g/mol. The highest BCUT2D eigenvalue weighted by molar-refractivity contribution is 6.01. The predicted molar refractivity (Wildman–Crippen MR) is 397 cm³/mol. The maximum absolute atomic E-state index is 15.6. The molecule has 2 aliphatic carbocycles. The fourth-order valence-corrected chi connectivity index (χ4v) is 15.4. The number of halogens is 5. The van der Waals surface area contributed by atoms with Gasteiger partial charge in [-0.15, -0.1) is 6.58 Å². The molecular weight excluding hydrogens is 1420 g/mol. The Morgan fingerprint density at radius 3 is 1.95 bits per heavy atom. The molecule has 12 amide bonds. The van der Waals surface area contributed by atoms with Crippen molar-refractivity contribution in [2.45, 2.75) is 216 Å². The summed E-state index contributed by atoms with van der Waals surface area (Å²) in [6.45, 7) is 13.0. The van der Waals surface area contributed by atoms with E-state index in [1.54, 1.807) is 69.3 Å². The summed E-state index contributed by atoms with van der Waals surface area (Å²) in [7, 11) is 9.74. The number of rotatable bonds is 18. The maximum atomic E-state index is 15.6. The zero-order valence-electron chi connectivity index (χ0n) is 64.9. The van der Waals surface area contributed by atoms with Crippen molar-refractivity contribution in [3.63, 3.8) is 0 Å². The van der Waals surface area contributed by atoms with Gasteiger partial charge in [0, 0.05) is 88.4 Å². The second-order valence-electron chi connectivity index (χ2n) is 29.8. The van der Waals surface area contributed by atoms with Crippen LogP contribution in [0.3, 0.4) is 0 Å². The van der Waals surface area contributed by atoms with Gasteiger partial charge in [-0.25, -0.2) is 8.78 Å². The smallest absolute Gasteiger partial charge is 0.377 e. The summed E-state index contributed by atoms with van der Waals surface area (Å²) in [6.07, 6.45) is 3.62. The zero-order chi connectivity index (χ0) is 80.5. The summed E-state index contributed by atoms with van der Waals surface area (Å²) in [6, 6.07) is -3.30. The topological polar surface area (TPSA) is 279 Å². The molecule has 600 valence electrons. The molecule has 2 aromatic rings. The number of nitrogens with zero attached hydrogens (tertiary/aromatic N) is 9. The van der Waals surface area contributed by atoms with E-state index in [1.807, 2.05) is 6.92 Å². The van der Waals surface area contributed by atoms with Crippen LogP contribution in [0.4, 0.5) is 22.0 Å². The number of allylic oxidation sites excluding steroid dienone is 1. The Bertz CT molecular complexity index is 3660. The minimum absolute atomic E-state index is 0.0471. The molecule has 3 N–H and O–H groups in total. The van der Waals surface area contributed by atoms with E-state index in [-0.39, 0.29) is 76.8 Å². The van der Waals surface area contributed by atoms with Crippen molar-refractivity contribution < 1.29 is 84.2 Å². The number of carbonyl (C=O) groups is 12. The van der Waals surface area contributed by atoms with Gasteiger partial charge >= 0.3 is 6.18 Å². The van der Waals surface area contributed by atoms with Crippen molar-refractivity contribution in [1.82, 2.24) is 60.0 Å². The molecule has 1 spiro atoms. The fourth-order valence-electron chi connectivity index (χ4n) is 15.4. The first-order valence-corrected chi connectivity index (χ1v) is 38.0. The van der Waals surface area contributed by atoms with Crippen LogP contribution < -0.4 is 16.0 Å². The van der Waals surface area contributed by atoms with Crippen LogP contribution in [0.15, 0.2) is 67.8 Å². The number of ether oxygens (including phenoxy) is 1. The number of likely N-dealkylation sites (N-methyl/N-ethyl adjacent to an activating group) is 7. The van der Waals surface area contributed by atoms with Crippen LogP contribution in [0.1, 0.15) is 159 Å². The van der Waals surface area contributed by atoms with E-state index in [0.29, 0.717) is 75.5 Å². The number of fused-ring (bicyclic) bond motifs is 3. The minimum Gasteiger partial charge on any atom is -0.377 e. The highest BCUT2D eigenvalue weighted by atomic mass is 19.4. The predicted octanol–water partition coefficient (Wildman–Crippen LogP) is 6.45. The number of benzene rings is 2. The molecular formula is C79H111F5N12O13. The van der Waals surface area contributed by atoms with Crippen molar-refractivity contribution in [2.24, 2.45) is 11.8 Å². The molecule has 3 aliphatic heterocycles. The van der Waals surface area contributed by atoms with Crippen LogP contribution >= 0.6 is 0 Å². The van der Waals surface area contributed by atoms with Crippen LogP contribution in [0, 0.1) is 23.5 Å². The van der Waals surface area contributed by atoms with E-state index in [4.69, 9.17) is 4.74 Å². The first-order chi connectivity index (χ1) is 51.6. The minimum atomic E-state index is -5.42. The van der Waals surface area contributed by atoms with Gasteiger partial charge < -0.3 is 64.8 Å². The number of carbonyl (C=O) groups excluding carboxylic acids is 12. The molecule has 2 aromatic carbocycles. The Balaban J connectivity index is 1.35. The number of amides is 12. The molecule has 0 radical (unpaired) electrons. The molecule has 2 bridgehead atoms. The Hall–Kier alpha value is -9.09. The second-order valence-corrected chi connectivity index (χ2v) is 29.8. The third kappa shape index (κ3) is 21.3. The van der Waals surface area contributed by atoms with E-state index in [1.165, 1.54) is 73.8 Å². The van der Waals surface area contributed by atoms with Crippen LogP contribution in [-0.2, 0) is 81.3 Å². The third-order valence-corrected chi connectivity index (χ3v) is 22.5. The van der Waals surface area contributed by atoms with Gasteiger partial charge in [0.05, 0.1) is 25.6 Å². The second kappa shape index (κ2) is 39.0. The summed E-state index contributed by atoms with van der Waals surface area (Å²) in [5.74, 6) is -14.0. The van der Waals surface area contributed by atoms with Gasteiger partial charge in [0.15, 0.2) is 0 Å². The summed E-state index contributed by atoms with van der Waals surface area (Å²) in [4.78, 5) is 193. The number of hydrogen-bond acceptors (Lipinski definition) is 13. The van der Waals surface area contributed by atoms with Crippen LogP contribution in [-0.4, -0.2) is 264 Å². The van der Waals surface area contributed by atoms with Crippen LogP contribution in [0.25, 0.3) is 6.08 Å². The molecule has 7 rings (SSSR count). The van der Waals surface area contributed by atoms with Crippen molar-refractivity contribution >= 4 is 77.0 Å². The van der Waals surface area contributed by atoms with Gasteiger partial charge in [-0.2, -0.15) is 13.2 Å². The summed E-state index contributed by atoms with van der Waals surface area (Å²) in [5.41, 5.74) is -2.88. The van der Waals surface area contributed by atoms with Gasteiger partial charge in [-0.1, -0.05) is 94.7 Å². The molecule has 4 fully saturated rings. The normalized spacial score (nSPS) is 25.7. The quantitative estimate of drug-likeness (QED) is 0.0823. The Morgan fingerprint density at radius 2 is 1.37 bits per heavy atom. The largest absolute Gasteiger partial charge is 0.422 e. The Labute approximate surface area is 636 Å². The first kappa shape index (κ1) is 87.1. The van der Waals surface area contributed by atoms with E-state index >= 15 is 47.1 Å². The van der Waals surface area contributed by atoms with E-state index < -0.39 is 198 Å². The lowest BCUT2D eigenvalue weighted by molar-refractivity contribution is -0.158. The molecule has 109 heavy (non-hydrogen) atoms. The number of alkyl halides is 3. The monoisotopic (exact) mass is 1530 g/mol. The third-order valence-electron chi connectivity index (χ3n) is 22.5. The molecule has 0 aromatic heterocycles. The molecule has 2 saturated heterocycles. The molecule has 10 atom stereocenters. The number of unbranched alkanes of at least 4 members (excludes halogenated alkanes) is 2. The molecule has 3 heterocycles. The lowest BCUT2D eigenvalue weighted by Gasteiger charge is -2.46. The number of nitrogens with one attached hydrogen (secondary N) is 3. The number of hydrogen-bond donors (Lipinski definition) is 3. The Morgan fingerprint density at radius 1 is 0.716 bits per heavy atom. The molecule has 30 heteroatoms. The zero-order valence-corrected chi connectivity index (χ0v) is 64.9.